The first kappa shape index (κ1) is 16.8. The van der Waals surface area contributed by atoms with Crippen molar-refractivity contribution in [3.05, 3.63) is 89.4 Å². The Morgan fingerprint density at radius 1 is 0.926 bits per heavy atom. The van der Waals surface area contributed by atoms with Crippen molar-refractivity contribution in [2.45, 2.75) is 13.0 Å². The SMILES string of the molecule is CC(C(=O)Nc1ccccc1-c1ccccc1)n1c(=O)oc2ccccc21. The standard InChI is InChI=1S/C22H18N2O3/c1-15(24-19-13-7-8-14-20(19)27-22(24)26)21(25)23-18-12-6-5-11-17(18)16-9-3-2-4-10-16/h2-15H,1H3,(H,23,25). The maximum Gasteiger partial charge on any atom is 0.420 e. The van der Waals surface area contributed by atoms with E-state index in [1.54, 1.807) is 25.1 Å². The summed E-state index contributed by atoms with van der Waals surface area (Å²) in [4.78, 5) is 25.1. The molecule has 1 atom stereocenters. The Hall–Kier alpha value is -3.60. The molecule has 0 radical (unpaired) electrons. The molecule has 0 aliphatic rings. The van der Waals surface area contributed by atoms with Gasteiger partial charge in [0.15, 0.2) is 5.58 Å². The highest BCUT2D eigenvalue weighted by molar-refractivity contribution is 5.98. The molecule has 0 aliphatic heterocycles. The molecule has 5 heteroatoms. The average molecular weight is 358 g/mol. The van der Waals surface area contributed by atoms with Crippen molar-refractivity contribution in [1.82, 2.24) is 4.57 Å². The molecule has 5 nitrogen and oxygen atoms in total. The third-order valence-corrected chi connectivity index (χ3v) is 4.56. The van der Waals surface area contributed by atoms with Crippen LogP contribution in [0.1, 0.15) is 13.0 Å². The Balaban J connectivity index is 1.67. The molecule has 1 aromatic heterocycles. The molecule has 0 saturated carbocycles. The topological polar surface area (TPSA) is 64.2 Å². The van der Waals surface area contributed by atoms with E-state index >= 15 is 0 Å². The largest absolute Gasteiger partial charge is 0.420 e. The molecule has 4 aromatic rings. The summed E-state index contributed by atoms with van der Waals surface area (Å²) in [5.74, 6) is -0.831. The monoisotopic (exact) mass is 358 g/mol. The van der Waals surface area contributed by atoms with Gasteiger partial charge >= 0.3 is 5.76 Å². The van der Waals surface area contributed by atoms with Crippen molar-refractivity contribution in [2.75, 3.05) is 5.32 Å². The van der Waals surface area contributed by atoms with Gasteiger partial charge in [0.05, 0.1) is 5.52 Å². The number of anilines is 1. The van der Waals surface area contributed by atoms with Gasteiger partial charge in [-0.1, -0.05) is 60.7 Å². The number of nitrogens with one attached hydrogen (secondary N) is 1. The van der Waals surface area contributed by atoms with E-state index in [2.05, 4.69) is 5.32 Å². The Morgan fingerprint density at radius 2 is 1.59 bits per heavy atom. The number of hydrogen-bond acceptors (Lipinski definition) is 3. The van der Waals surface area contributed by atoms with Crippen LogP contribution in [-0.4, -0.2) is 10.5 Å². The number of aromatic nitrogens is 1. The van der Waals surface area contributed by atoms with Crippen LogP contribution in [0, 0.1) is 0 Å². The van der Waals surface area contributed by atoms with Crippen molar-refractivity contribution in [2.24, 2.45) is 0 Å². The number of nitrogens with zero attached hydrogens (tertiary/aromatic N) is 1. The van der Waals surface area contributed by atoms with E-state index in [-0.39, 0.29) is 5.91 Å². The zero-order chi connectivity index (χ0) is 18.8. The lowest BCUT2D eigenvalue weighted by Gasteiger charge is -2.16. The molecule has 1 heterocycles. The van der Waals surface area contributed by atoms with E-state index in [0.29, 0.717) is 16.8 Å². The van der Waals surface area contributed by atoms with E-state index < -0.39 is 11.8 Å². The molecule has 0 saturated heterocycles. The lowest BCUT2D eigenvalue weighted by Crippen LogP contribution is -2.29. The third kappa shape index (κ3) is 3.15. The minimum atomic E-state index is -0.718. The Bertz CT molecular complexity index is 1160. The highest BCUT2D eigenvalue weighted by Gasteiger charge is 2.22. The fourth-order valence-electron chi connectivity index (χ4n) is 3.17. The molecule has 1 amide bonds. The van der Waals surface area contributed by atoms with E-state index in [1.165, 1.54) is 4.57 Å². The van der Waals surface area contributed by atoms with E-state index in [0.717, 1.165) is 11.1 Å². The molecule has 3 aromatic carbocycles. The van der Waals surface area contributed by atoms with Crippen LogP contribution in [0.15, 0.2) is 88.1 Å². The van der Waals surface area contributed by atoms with Gasteiger partial charge in [-0.05, 0) is 30.7 Å². The predicted octanol–water partition coefficient (Wildman–Crippen LogP) is 4.46. The van der Waals surface area contributed by atoms with Gasteiger partial charge in [0.1, 0.15) is 6.04 Å². The number of hydrogen-bond donors (Lipinski definition) is 1. The minimum Gasteiger partial charge on any atom is -0.408 e. The van der Waals surface area contributed by atoms with Gasteiger partial charge in [0.2, 0.25) is 5.91 Å². The number of oxazole rings is 1. The number of benzene rings is 3. The van der Waals surface area contributed by atoms with E-state index in [1.807, 2.05) is 60.7 Å². The van der Waals surface area contributed by atoms with Gasteiger partial charge < -0.3 is 9.73 Å². The molecule has 4 rings (SSSR count). The highest BCUT2D eigenvalue weighted by Crippen LogP contribution is 2.28. The van der Waals surface area contributed by atoms with Crippen LogP contribution >= 0.6 is 0 Å². The number of carbonyl (C=O) groups is 1. The normalized spacial score (nSPS) is 12.0. The second kappa shape index (κ2) is 6.96. The Kier molecular flexibility index (Phi) is 4.34. The summed E-state index contributed by atoms with van der Waals surface area (Å²) >= 11 is 0. The van der Waals surface area contributed by atoms with Crippen molar-refractivity contribution >= 4 is 22.7 Å². The Labute approximate surface area is 155 Å². The molecule has 0 fully saturated rings. The van der Waals surface area contributed by atoms with Crippen LogP contribution in [0.4, 0.5) is 5.69 Å². The maximum absolute atomic E-state index is 12.9. The van der Waals surface area contributed by atoms with Crippen LogP contribution in [0.5, 0.6) is 0 Å². The quantitative estimate of drug-likeness (QED) is 0.586. The molecule has 27 heavy (non-hydrogen) atoms. The summed E-state index contributed by atoms with van der Waals surface area (Å²) in [7, 11) is 0. The summed E-state index contributed by atoms with van der Waals surface area (Å²) in [6.07, 6.45) is 0. The zero-order valence-electron chi connectivity index (χ0n) is 14.8. The smallest absolute Gasteiger partial charge is 0.408 e. The van der Waals surface area contributed by atoms with Crippen LogP contribution in [0.3, 0.4) is 0 Å². The van der Waals surface area contributed by atoms with Crippen LogP contribution in [0.25, 0.3) is 22.2 Å². The second-order valence-corrected chi connectivity index (χ2v) is 6.28. The predicted molar refractivity (Wildman–Crippen MR) is 106 cm³/mol. The minimum absolute atomic E-state index is 0.285. The van der Waals surface area contributed by atoms with Gasteiger partial charge in [0, 0.05) is 11.3 Å². The van der Waals surface area contributed by atoms with Crippen molar-refractivity contribution < 1.29 is 9.21 Å². The molecule has 134 valence electrons. The summed E-state index contributed by atoms with van der Waals surface area (Å²) in [5.41, 5.74) is 3.68. The maximum atomic E-state index is 12.9. The van der Waals surface area contributed by atoms with Crippen LogP contribution in [0.2, 0.25) is 0 Å². The summed E-state index contributed by atoms with van der Waals surface area (Å²) < 4.78 is 6.61. The van der Waals surface area contributed by atoms with Crippen molar-refractivity contribution in [3.63, 3.8) is 0 Å². The van der Waals surface area contributed by atoms with Gasteiger partial charge in [-0.25, -0.2) is 4.79 Å². The van der Waals surface area contributed by atoms with Crippen LogP contribution in [-0.2, 0) is 4.79 Å². The number of para-hydroxylation sites is 3. The summed E-state index contributed by atoms with van der Waals surface area (Å²) in [5, 5.41) is 2.95. The first-order valence-corrected chi connectivity index (χ1v) is 8.70. The zero-order valence-corrected chi connectivity index (χ0v) is 14.8. The van der Waals surface area contributed by atoms with Gasteiger partial charge in [-0.2, -0.15) is 0 Å². The fraction of sp³-hybridized carbons (Fsp3) is 0.0909. The lowest BCUT2D eigenvalue weighted by molar-refractivity contribution is -0.118. The first-order chi connectivity index (χ1) is 13.1. The average Bonchev–Trinajstić information content (AvgIpc) is 3.04. The van der Waals surface area contributed by atoms with Gasteiger partial charge in [-0.3, -0.25) is 9.36 Å². The van der Waals surface area contributed by atoms with E-state index in [9.17, 15) is 9.59 Å². The van der Waals surface area contributed by atoms with Gasteiger partial charge in [0.25, 0.3) is 0 Å². The molecular weight excluding hydrogens is 340 g/mol. The fourth-order valence-corrected chi connectivity index (χ4v) is 3.17. The van der Waals surface area contributed by atoms with Gasteiger partial charge in [-0.15, -0.1) is 0 Å². The Morgan fingerprint density at radius 3 is 2.41 bits per heavy atom. The second-order valence-electron chi connectivity index (χ2n) is 6.28. The molecule has 0 spiro atoms. The molecule has 0 aliphatic carbocycles. The molecule has 1 unspecified atom stereocenters. The molecule has 1 N–H and O–H groups in total. The van der Waals surface area contributed by atoms with Crippen molar-refractivity contribution in [1.29, 1.82) is 0 Å². The number of fused-ring (bicyclic) bond motifs is 1. The number of carbonyl (C=O) groups excluding carboxylic acids is 1. The van der Waals surface area contributed by atoms with E-state index in [4.69, 9.17) is 4.42 Å². The highest BCUT2D eigenvalue weighted by atomic mass is 16.4. The summed E-state index contributed by atoms with van der Waals surface area (Å²) in [6.45, 7) is 1.68. The third-order valence-electron chi connectivity index (χ3n) is 4.56. The molecular formula is C22H18N2O3. The van der Waals surface area contributed by atoms with Crippen LogP contribution < -0.4 is 11.1 Å². The first-order valence-electron chi connectivity index (χ1n) is 8.70. The number of amides is 1. The molecule has 0 bridgehead atoms. The lowest BCUT2D eigenvalue weighted by atomic mass is 10.0. The summed E-state index contributed by atoms with van der Waals surface area (Å²) in [6, 6.07) is 23.8. The number of rotatable bonds is 4. The van der Waals surface area contributed by atoms with Crippen molar-refractivity contribution in [3.8, 4) is 11.1 Å².